The van der Waals surface area contributed by atoms with Gasteiger partial charge in [-0.1, -0.05) is 6.07 Å². The highest BCUT2D eigenvalue weighted by atomic mass is 79.9. The van der Waals surface area contributed by atoms with Gasteiger partial charge >= 0.3 is 0 Å². The van der Waals surface area contributed by atoms with E-state index in [-0.39, 0.29) is 0 Å². The molecule has 1 aromatic carbocycles. The van der Waals surface area contributed by atoms with Crippen molar-refractivity contribution >= 4 is 37.5 Å². The van der Waals surface area contributed by atoms with Crippen LogP contribution in [-0.4, -0.2) is 9.78 Å². The number of benzene rings is 1. The van der Waals surface area contributed by atoms with Gasteiger partial charge in [0, 0.05) is 21.7 Å². The fourth-order valence-corrected chi connectivity index (χ4v) is 2.92. The molecule has 0 bridgehead atoms. The first-order chi connectivity index (χ1) is 8.22. The summed E-state index contributed by atoms with van der Waals surface area (Å²) in [4.78, 5) is 0. The second-order valence-electron chi connectivity index (χ2n) is 3.59. The van der Waals surface area contributed by atoms with Gasteiger partial charge in [0.1, 0.15) is 0 Å². The number of nitrogens with one attached hydrogen (secondary N) is 1. The normalized spacial score (nSPS) is 10.5. The van der Waals surface area contributed by atoms with Crippen LogP contribution < -0.4 is 5.32 Å². The van der Waals surface area contributed by atoms with Gasteiger partial charge in [0.15, 0.2) is 0 Å². The van der Waals surface area contributed by atoms with E-state index in [1.54, 1.807) is 0 Å². The van der Waals surface area contributed by atoms with Gasteiger partial charge in [-0.3, -0.25) is 4.68 Å². The number of halogens is 2. The zero-order valence-electron chi connectivity index (χ0n) is 9.45. The smallest absolute Gasteiger partial charge is 0.0632 e. The lowest BCUT2D eigenvalue weighted by Gasteiger charge is -2.11. The molecule has 1 aromatic heterocycles. The minimum atomic E-state index is 0.759. The number of hydrogen-bond acceptors (Lipinski definition) is 2. The first-order valence-electron chi connectivity index (χ1n) is 5.41. The fourth-order valence-electron chi connectivity index (χ4n) is 1.64. The Morgan fingerprint density at radius 2 is 1.94 bits per heavy atom. The topological polar surface area (TPSA) is 29.9 Å². The highest BCUT2D eigenvalue weighted by molar-refractivity contribution is 9.11. The van der Waals surface area contributed by atoms with Gasteiger partial charge in [0.25, 0.3) is 0 Å². The fraction of sp³-hybridized carbons (Fsp3) is 0.250. The molecule has 0 fully saturated rings. The summed E-state index contributed by atoms with van der Waals surface area (Å²) in [5.74, 6) is 0. The van der Waals surface area contributed by atoms with E-state index in [1.807, 2.05) is 35.1 Å². The summed E-state index contributed by atoms with van der Waals surface area (Å²) < 4.78 is 4.08. The van der Waals surface area contributed by atoms with Crippen molar-refractivity contribution in [3.63, 3.8) is 0 Å². The van der Waals surface area contributed by atoms with E-state index in [2.05, 4.69) is 49.2 Å². The van der Waals surface area contributed by atoms with Gasteiger partial charge < -0.3 is 5.32 Å². The van der Waals surface area contributed by atoms with Crippen LogP contribution in [0.5, 0.6) is 0 Å². The third-order valence-electron chi connectivity index (χ3n) is 2.51. The van der Waals surface area contributed by atoms with Crippen LogP contribution in [0.25, 0.3) is 0 Å². The Kier molecular flexibility index (Phi) is 4.23. The van der Waals surface area contributed by atoms with Crippen LogP contribution in [0, 0.1) is 0 Å². The van der Waals surface area contributed by atoms with E-state index in [1.165, 1.54) is 5.69 Å². The molecule has 5 heteroatoms. The summed E-state index contributed by atoms with van der Waals surface area (Å²) in [6, 6.07) is 8.06. The van der Waals surface area contributed by atoms with Gasteiger partial charge in [0.05, 0.1) is 17.9 Å². The molecule has 0 aliphatic rings. The predicted octanol–water partition coefficient (Wildman–Crippen LogP) is 4.04. The quantitative estimate of drug-likeness (QED) is 0.893. The van der Waals surface area contributed by atoms with Crippen molar-refractivity contribution in [3.8, 4) is 0 Å². The van der Waals surface area contributed by atoms with Crippen LogP contribution in [0.15, 0.2) is 39.4 Å². The molecule has 0 saturated carbocycles. The van der Waals surface area contributed by atoms with E-state index >= 15 is 0 Å². The molecule has 1 N–H and O–H groups in total. The van der Waals surface area contributed by atoms with Gasteiger partial charge in [-0.15, -0.1) is 0 Å². The molecule has 0 amide bonds. The number of aryl methyl sites for hydroxylation is 1. The van der Waals surface area contributed by atoms with Gasteiger partial charge in [0.2, 0.25) is 0 Å². The monoisotopic (exact) mass is 357 g/mol. The molecular weight excluding hydrogens is 346 g/mol. The number of hydrogen-bond donors (Lipinski definition) is 1. The molecule has 0 atom stereocenters. The molecule has 2 aromatic rings. The van der Waals surface area contributed by atoms with E-state index in [0.29, 0.717) is 0 Å². The maximum Gasteiger partial charge on any atom is 0.0632 e. The van der Waals surface area contributed by atoms with Gasteiger partial charge in [-0.25, -0.2) is 0 Å². The minimum absolute atomic E-state index is 0.759. The highest BCUT2D eigenvalue weighted by Crippen LogP contribution is 2.30. The van der Waals surface area contributed by atoms with E-state index in [4.69, 9.17) is 0 Å². The first kappa shape index (κ1) is 12.6. The molecular formula is C12H13Br2N3. The number of rotatable bonds is 4. The van der Waals surface area contributed by atoms with Crippen molar-refractivity contribution < 1.29 is 0 Å². The first-order valence-corrected chi connectivity index (χ1v) is 6.99. The lowest BCUT2D eigenvalue weighted by atomic mass is 10.3. The summed E-state index contributed by atoms with van der Waals surface area (Å²) in [6.45, 7) is 3.74. The van der Waals surface area contributed by atoms with Crippen molar-refractivity contribution in [2.45, 2.75) is 20.0 Å². The molecule has 0 spiro atoms. The summed E-state index contributed by atoms with van der Waals surface area (Å²) in [5.41, 5.74) is 2.24. The Hall–Kier alpha value is -0.810. The largest absolute Gasteiger partial charge is 0.378 e. The predicted molar refractivity (Wildman–Crippen MR) is 77.1 cm³/mol. The third-order valence-corrected chi connectivity index (χ3v) is 3.83. The SMILES string of the molecule is CCn1nccc1CNc1c(Br)cccc1Br. The van der Waals surface area contributed by atoms with Crippen LogP contribution in [0.2, 0.25) is 0 Å². The number of anilines is 1. The maximum atomic E-state index is 4.25. The van der Waals surface area contributed by atoms with Crippen LogP contribution in [0.3, 0.4) is 0 Å². The number of aromatic nitrogens is 2. The van der Waals surface area contributed by atoms with Crippen molar-refractivity contribution in [1.29, 1.82) is 0 Å². The van der Waals surface area contributed by atoms with Crippen LogP contribution in [0.1, 0.15) is 12.6 Å². The van der Waals surface area contributed by atoms with Crippen LogP contribution in [0.4, 0.5) is 5.69 Å². The summed E-state index contributed by atoms with van der Waals surface area (Å²) in [5, 5.41) is 7.65. The summed E-state index contributed by atoms with van der Waals surface area (Å²) >= 11 is 7.06. The molecule has 0 saturated heterocycles. The summed E-state index contributed by atoms with van der Waals surface area (Å²) in [6.07, 6.45) is 1.83. The van der Waals surface area contributed by atoms with Crippen molar-refractivity contribution in [3.05, 3.63) is 45.1 Å². The zero-order chi connectivity index (χ0) is 12.3. The highest BCUT2D eigenvalue weighted by Gasteiger charge is 2.05. The molecule has 3 nitrogen and oxygen atoms in total. The molecule has 90 valence electrons. The Labute approximate surface area is 117 Å². The molecule has 0 aliphatic heterocycles. The Bertz CT molecular complexity index is 488. The summed E-state index contributed by atoms with van der Waals surface area (Å²) in [7, 11) is 0. The van der Waals surface area contributed by atoms with E-state index in [9.17, 15) is 0 Å². The molecule has 0 unspecified atom stereocenters. The Balaban J connectivity index is 2.13. The Morgan fingerprint density at radius 3 is 2.59 bits per heavy atom. The Morgan fingerprint density at radius 1 is 1.24 bits per heavy atom. The maximum absolute atomic E-state index is 4.25. The second-order valence-corrected chi connectivity index (χ2v) is 5.30. The van der Waals surface area contributed by atoms with Gasteiger partial charge in [-0.2, -0.15) is 5.10 Å². The molecule has 0 radical (unpaired) electrons. The van der Waals surface area contributed by atoms with Crippen LogP contribution in [-0.2, 0) is 13.1 Å². The molecule has 17 heavy (non-hydrogen) atoms. The average Bonchev–Trinajstić information content (AvgIpc) is 2.76. The molecule has 0 aliphatic carbocycles. The lowest BCUT2D eigenvalue weighted by Crippen LogP contribution is -2.08. The standard InChI is InChI=1S/C12H13Br2N3/c1-2-17-9(6-7-16-17)8-15-12-10(13)4-3-5-11(12)14/h3-7,15H,2,8H2,1H3. The van der Waals surface area contributed by atoms with E-state index < -0.39 is 0 Å². The third kappa shape index (κ3) is 2.90. The number of nitrogens with zero attached hydrogens (tertiary/aromatic N) is 2. The zero-order valence-corrected chi connectivity index (χ0v) is 12.6. The lowest BCUT2D eigenvalue weighted by molar-refractivity contribution is 0.627. The van der Waals surface area contributed by atoms with Gasteiger partial charge in [-0.05, 0) is 57.0 Å². The van der Waals surface area contributed by atoms with Crippen molar-refractivity contribution in [1.82, 2.24) is 9.78 Å². The van der Waals surface area contributed by atoms with Crippen molar-refractivity contribution in [2.24, 2.45) is 0 Å². The van der Waals surface area contributed by atoms with Crippen LogP contribution >= 0.6 is 31.9 Å². The molecule has 1 heterocycles. The molecule has 2 rings (SSSR count). The van der Waals surface area contributed by atoms with E-state index in [0.717, 1.165) is 27.7 Å². The van der Waals surface area contributed by atoms with Crippen molar-refractivity contribution in [2.75, 3.05) is 5.32 Å². The number of para-hydroxylation sites is 1. The minimum Gasteiger partial charge on any atom is -0.378 e. The second kappa shape index (κ2) is 5.69. The average molecular weight is 359 g/mol.